The smallest absolute Gasteiger partial charge is 0.270 e. The van der Waals surface area contributed by atoms with Crippen LogP contribution in [0.3, 0.4) is 0 Å². The third kappa shape index (κ3) is 2.62. The molecule has 1 fully saturated rings. The number of nitrogens with one attached hydrogen (secondary N) is 1. The SMILES string of the molecule is CC1(C)CCCC1NC(=O)c1cccc(F)n1. The predicted molar refractivity (Wildman–Crippen MR) is 63.1 cm³/mol. The molecular weight excluding hydrogens is 219 g/mol. The van der Waals surface area contributed by atoms with Crippen LogP contribution >= 0.6 is 0 Å². The lowest BCUT2D eigenvalue weighted by atomic mass is 9.87. The van der Waals surface area contributed by atoms with Gasteiger partial charge >= 0.3 is 0 Å². The van der Waals surface area contributed by atoms with Gasteiger partial charge in [0.2, 0.25) is 5.95 Å². The van der Waals surface area contributed by atoms with Gasteiger partial charge in [-0.05, 0) is 30.4 Å². The van der Waals surface area contributed by atoms with Crippen molar-refractivity contribution in [2.75, 3.05) is 0 Å². The van der Waals surface area contributed by atoms with Crippen LogP contribution < -0.4 is 5.32 Å². The molecule has 1 atom stereocenters. The van der Waals surface area contributed by atoms with Crippen molar-refractivity contribution in [2.24, 2.45) is 5.41 Å². The van der Waals surface area contributed by atoms with E-state index in [0.29, 0.717) is 0 Å². The van der Waals surface area contributed by atoms with E-state index in [9.17, 15) is 9.18 Å². The standard InChI is InChI=1S/C13H17FN2O/c1-13(2)8-4-6-10(13)16-12(17)9-5-3-7-11(14)15-9/h3,5,7,10H,4,6,8H2,1-2H3,(H,16,17). The third-order valence-corrected chi connectivity index (χ3v) is 3.51. The van der Waals surface area contributed by atoms with Crippen molar-refractivity contribution < 1.29 is 9.18 Å². The quantitative estimate of drug-likeness (QED) is 0.802. The fourth-order valence-corrected chi connectivity index (χ4v) is 2.36. The molecule has 3 nitrogen and oxygen atoms in total. The van der Waals surface area contributed by atoms with Gasteiger partial charge in [0.05, 0.1) is 0 Å². The average molecular weight is 236 g/mol. The molecule has 1 aromatic rings. The van der Waals surface area contributed by atoms with Gasteiger partial charge in [0.1, 0.15) is 5.69 Å². The Labute approximate surface area is 100 Å². The van der Waals surface area contributed by atoms with E-state index >= 15 is 0 Å². The summed E-state index contributed by atoms with van der Waals surface area (Å²) in [6.45, 7) is 4.29. The summed E-state index contributed by atoms with van der Waals surface area (Å²) >= 11 is 0. The van der Waals surface area contributed by atoms with E-state index in [1.165, 1.54) is 18.2 Å². The zero-order valence-electron chi connectivity index (χ0n) is 10.2. The number of pyridine rings is 1. The molecule has 1 aliphatic rings. The first-order chi connectivity index (χ1) is 7.99. The van der Waals surface area contributed by atoms with Gasteiger partial charge in [0.25, 0.3) is 5.91 Å². The largest absolute Gasteiger partial charge is 0.347 e. The molecule has 1 heterocycles. The number of halogens is 1. The Morgan fingerprint density at radius 1 is 1.53 bits per heavy atom. The maximum absolute atomic E-state index is 12.9. The van der Waals surface area contributed by atoms with Crippen LogP contribution in [-0.4, -0.2) is 16.9 Å². The van der Waals surface area contributed by atoms with Crippen molar-refractivity contribution in [3.05, 3.63) is 29.8 Å². The van der Waals surface area contributed by atoms with Gasteiger partial charge in [-0.15, -0.1) is 0 Å². The lowest BCUT2D eigenvalue weighted by Gasteiger charge is -2.27. The van der Waals surface area contributed by atoms with E-state index in [0.717, 1.165) is 19.3 Å². The van der Waals surface area contributed by atoms with E-state index in [1.807, 2.05) is 0 Å². The van der Waals surface area contributed by atoms with Crippen LogP contribution in [0.2, 0.25) is 0 Å². The van der Waals surface area contributed by atoms with E-state index in [4.69, 9.17) is 0 Å². The van der Waals surface area contributed by atoms with E-state index < -0.39 is 5.95 Å². The molecule has 0 spiro atoms. The second-order valence-electron chi connectivity index (χ2n) is 5.25. The molecule has 0 bridgehead atoms. The highest BCUT2D eigenvalue weighted by molar-refractivity contribution is 5.92. The predicted octanol–water partition coefficient (Wildman–Crippen LogP) is 2.53. The molecule has 1 aromatic heterocycles. The molecule has 1 N–H and O–H groups in total. The lowest BCUT2D eigenvalue weighted by molar-refractivity contribution is 0.0903. The van der Waals surface area contributed by atoms with Crippen molar-refractivity contribution >= 4 is 5.91 Å². The summed E-state index contributed by atoms with van der Waals surface area (Å²) in [4.78, 5) is 15.5. The summed E-state index contributed by atoms with van der Waals surface area (Å²) < 4.78 is 12.9. The fourth-order valence-electron chi connectivity index (χ4n) is 2.36. The molecular formula is C13H17FN2O. The van der Waals surface area contributed by atoms with Crippen molar-refractivity contribution in [3.63, 3.8) is 0 Å². The number of nitrogens with zero attached hydrogens (tertiary/aromatic N) is 1. The number of hydrogen-bond acceptors (Lipinski definition) is 2. The van der Waals surface area contributed by atoms with Gasteiger partial charge < -0.3 is 5.32 Å². The van der Waals surface area contributed by atoms with Crippen LogP contribution in [-0.2, 0) is 0 Å². The Balaban J connectivity index is 2.07. The summed E-state index contributed by atoms with van der Waals surface area (Å²) in [7, 11) is 0. The Hall–Kier alpha value is -1.45. The van der Waals surface area contributed by atoms with Gasteiger partial charge in [-0.1, -0.05) is 26.3 Å². The minimum atomic E-state index is -0.622. The molecule has 4 heteroatoms. The van der Waals surface area contributed by atoms with Crippen LogP contribution in [0.5, 0.6) is 0 Å². The van der Waals surface area contributed by atoms with Crippen LogP contribution in [0.4, 0.5) is 4.39 Å². The van der Waals surface area contributed by atoms with Gasteiger partial charge in [-0.3, -0.25) is 4.79 Å². The van der Waals surface area contributed by atoms with Gasteiger partial charge in [0, 0.05) is 6.04 Å². The Morgan fingerprint density at radius 2 is 2.29 bits per heavy atom. The van der Waals surface area contributed by atoms with Crippen molar-refractivity contribution in [1.82, 2.24) is 10.3 Å². The molecule has 0 radical (unpaired) electrons. The van der Waals surface area contributed by atoms with Crippen LogP contribution in [0.15, 0.2) is 18.2 Å². The van der Waals surface area contributed by atoms with Crippen molar-refractivity contribution in [2.45, 2.75) is 39.2 Å². The highest BCUT2D eigenvalue weighted by Crippen LogP contribution is 2.37. The first-order valence-corrected chi connectivity index (χ1v) is 5.92. The zero-order valence-corrected chi connectivity index (χ0v) is 10.2. The molecule has 0 aromatic carbocycles. The average Bonchev–Trinajstić information content (AvgIpc) is 2.58. The molecule has 0 saturated heterocycles. The summed E-state index contributed by atoms with van der Waals surface area (Å²) in [6, 6.07) is 4.41. The molecule has 1 unspecified atom stereocenters. The molecule has 2 rings (SSSR count). The first-order valence-electron chi connectivity index (χ1n) is 5.92. The summed E-state index contributed by atoms with van der Waals surface area (Å²) in [5.41, 5.74) is 0.260. The number of carbonyl (C=O) groups is 1. The van der Waals surface area contributed by atoms with Crippen LogP contribution in [0.1, 0.15) is 43.6 Å². The van der Waals surface area contributed by atoms with Crippen molar-refractivity contribution in [3.8, 4) is 0 Å². The molecule has 1 aliphatic carbocycles. The maximum atomic E-state index is 12.9. The Morgan fingerprint density at radius 3 is 2.88 bits per heavy atom. The molecule has 1 saturated carbocycles. The summed E-state index contributed by atoms with van der Waals surface area (Å²) in [5, 5.41) is 2.94. The zero-order chi connectivity index (χ0) is 12.5. The second-order valence-corrected chi connectivity index (χ2v) is 5.25. The van der Waals surface area contributed by atoms with Crippen LogP contribution in [0.25, 0.3) is 0 Å². The Bertz CT molecular complexity index is 431. The van der Waals surface area contributed by atoms with E-state index in [1.54, 1.807) is 0 Å². The number of hydrogen-bond donors (Lipinski definition) is 1. The first kappa shape index (κ1) is 12.0. The lowest BCUT2D eigenvalue weighted by Crippen LogP contribution is -2.41. The normalized spacial score (nSPS) is 22.4. The van der Waals surface area contributed by atoms with E-state index in [2.05, 4.69) is 24.1 Å². The number of rotatable bonds is 2. The monoisotopic (exact) mass is 236 g/mol. The molecule has 17 heavy (non-hydrogen) atoms. The molecule has 1 amide bonds. The van der Waals surface area contributed by atoms with Crippen LogP contribution in [0, 0.1) is 11.4 Å². The highest BCUT2D eigenvalue weighted by atomic mass is 19.1. The van der Waals surface area contributed by atoms with Crippen molar-refractivity contribution in [1.29, 1.82) is 0 Å². The second kappa shape index (κ2) is 4.43. The minimum absolute atomic E-state index is 0.114. The number of aromatic nitrogens is 1. The van der Waals surface area contributed by atoms with Gasteiger partial charge in [0.15, 0.2) is 0 Å². The summed E-state index contributed by atoms with van der Waals surface area (Å²) in [5.74, 6) is -0.909. The Kier molecular flexibility index (Phi) is 3.13. The molecule has 92 valence electrons. The summed E-state index contributed by atoms with van der Waals surface area (Å²) in [6.07, 6.45) is 3.21. The minimum Gasteiger partial charge on any atom is -0.347 e. The van der Waals surface area contributed by atoms with Gasteiger partial charge in [-0.25, -0.2) is 4.98 Å². The topological polar surface area (TPSA) is 42.0 Å². The maximum Gasteiger partial charge on any atom is 0.270 e. The highest BCUT2D eigenvalue weighted by Gasteiger charge is 2.35. The molecule has 0 aliphatic heterocycles. The number of amides is 1. The number of carbonyl (C=O) groups excluding carboxylic acids is 1. The van der Waals surface area contributed by atoms with E-state index in [-0.39, 0.29) is 23.1 Å². The fraction of sp³-hybridized carbons (Fsp3) is 0.538. The van der Waals surface area contributed by atoms with Gasteiger partial charge in [-0.2, -0.15) is 4.39 Å². The third-order valence-electron chi connectivity index (χ3n) is 3.51.